The topological polar surface area (TPSA) is 52.6 Å². The molecule has 4 nitrogen and oxygen atoms in total. The van der Waals surface area contributed by atoms with E-state index in [0.29, 0.717) is 18.4 Å². The number of carboxylic acids is 1. The van der Waals surface area contributed by atoms with Crippen LogP contribution in [0, 0.1) is 5.92 Å². The fraction of sp³-hybridized carbons (Fsp3) is 0.938. The van der Waals surface area contributed by atoms with Crippen LogP contribution < -0.4 is 5.32 Å². The molecule has 0 heterocycles. The fourth-order valence-electron chi connectivity index (χ4n) is 3.35. The lowest BCUT2D eigenvalue weighted by molar-refractivity contribution is -0.145. The second-order valence-electron chi connectivity index (χ2n) is 6.97. The molecule has 2 atom stereocenters. The molecule has 0 spiro atoms. The van der Waals surface area contributed by atoms with Gasteiger partial charge in [0.2, 0.25) is 0 Å². The first-order valence-electron chi connectivity index (χ1n) is 7.98. The average molecular weight is 284 g/mol. The molecule has 2 N–H and O–H groups in total. The van der Waals surface area contributed by atoms with Gasteiger partial charge in [-0.05, 0) is 46.1 Å². The Labute approximate surface area is 123 Å². The summed E-state index contributed by atoms with van der Waals surface area (Å²) in [6.45, 7) is 9.50. The highest BCUT2D eigenvalue weighted by Gasteiger charge is 2.36. The number of hydrogen-bond donors (Lipinski definition) is 2. The first-order valence-corrected chi connectivity index (χ1v) is 7.98. The van der Waals surface area contributed by atoms with Crippen LogP contribution >= 0.6 is 0 Å². The molecule has 0 radical (unpaired) electrons. The van der Waals surface area contributed by atoms with Gasteiger partial charge in [0, 0.05) is 18.6 Å². The maximum absolute atomic E-state index is 11.5. The van der Waals surface area contributed by atoms with E-state index >= 15 is 0 Å². The quantitative estimate of drug-likeness (QED) is 0.719. The number of carbonyl (C=O) groups is 1. The van der Waals surface area contributed by atoms with E-state index in [9.17, 15) is 9.90 Å². The molecule has 118 valence electrons. The summed E-state index contributed by atoms with van der Waals surface area (Å²) >= 11 is 0. The highest BCUT2D eigenvalue weighted by Crippen LogP contribution is 2.28. The number of likely N-dealkylation sites (N-methyl/N-ethyl adjacent to an activating group) is 1. The van der Waals surface area contributed by atoms with Gasteiger partial charge in [0.05, 0.1) is 0 Å². The van der Waals surface area contributed by atoms with Gasteiger partial charge in [-0.3, -0.25) is 9.69 Å². The molecule has 0 aromatic rings. The lowest BCUT2D eigenvalue weighted by atomic mass is 9.92. The van der Waals surface area contributed by atoms with Crippen LogP contribution in [-0.4, -0.2) is 47.2 Å². The SMILES string of the molecule is CNC(C)(CC(C)N(CC(C)C)C1CCCC1)C(=O)O. The number of nitrogens with zero attached hydrogens (tertiary/aromatic N) is 1. The predicted octanol–water partition coefficient (Wildman–Crippen LogP) is 2.73. The van der Waals surface area contributed by atoms with Crippen LogP contribution in [0.3, 0.4) is 0 Å². The van der Waals surface area contributed by atoms with Crippen LogP contribution in [0.2, 0.25) is 0 Å². The Bertz CT molecular complexity index is 314. The van der Waals surface area contributed by atoms with Crippen LogP contribution in [0.4, 0.5) is 0 Å². The lowest BCUT2D eigenvalue weighted by Gasteiger charge is -2.39. The van der Waals surface area contributed by atoms with Crippen LogP contribution in [0.5, 0.6) is 0 Å². The van der Waals surface area contributed by atoms with Gasteiger partial charge in [0.15, 0.2) is 0 Å². The standard InChI is InChI=1S/C16H32N2O2/c1-12(2)11-18(14-8-6-7-9-14)13(3)10-16(4,17-5)15(19)20/h12-14,17H,6-11H2,1-5H3,(H,19,20). The predicted molar refractivity (Wildman–Crippen MR) is 83.0 cm³/mol. The Morgan fingerprint density at radius 3 is 2.30 bits per heavy atom. The molecule has 0 bridgehead atoms. The molecule has 0 aromatic carbocycles. The summed E-state index contributed by atoms with van der Waals surface area (Å²) in [5.74, 6) is -0.147. The highest BCUT2D eigenvalue weighted by atomic mass is 16.4. The maximum Gasteiger partial charge on any atom is 0.323 e. The van der Waals surface area contributed by atoms with E-state index in [1.54, 1.807) is 14.0 Å². The molecule has 0 saturated heterocycles. The monoisotopic (exact) mass is 284 g/mol. The van der Waals surface area contributed by atoms with Gasteiger partial charge in [-0.15, -0.1) is 0 Å². The third-order valence-corrected chi connectivity index (χ3v) is 4.66. The second-order valence-corrected chi connectivity index (χ2v) is 6.97. The van der Waals surface area contributed by atoms with Gasteiger partial charge < -0.3 is 10.4 Å². The third-order valence-electron chi connectivity index (χ3n) is 4.66. The lowest BCUT2D eigenvalue weighted by Crippen LogP contribution is -2.53. The zero-order valence-electron chi connectivity index (χ0n) is 13.8. The van der Waals surface area contributed by atoms with Gasteiger partial charge >= 0.3 is 5.97 Å². The maximum atomic E-state index is 11.5. The van der Waals surface area contributed by atoms with E-state index in [1.165, 1.54) is 25.7 Å². The zero-order valence-corrected chi connectivity index (χ0v) is 13.8. The largest absolute Gasteiger partial charge is 0.480 e. The van der Waals surface area contributed by atoms with Crippen molar-refractivity contribution in [2.45, 2.75) is 77.4 Å². The summed E-state index contributed by atoms with van der Waals surface area (Å²) in [6, 6.07) is 0.927. The number of carboxylic acid groups (broad SMARTS) is 1. The Hall–Kier alpha value is -0.610. The number of hydrogen-bond acceptors (Lipinski definition) is 3. The molecule has 1 aliphatic rings. The van der Waals surface area contributed by atoms with Crippen molar-refractivity contribution in [2.75, 3.05) is 13.6 Å². The minimum absolute atomic E-state index is 0.286. The van der Waals surface area contributed by atoms with Gasteiger partial charge in [0.25, 0.3) is 0 Å². The summed E-state index contributed by atoms with van der Waals surface area (Å²) in [5.41, 5.74) is -0.840. The molecule has 1 saturated carbocycles. The second kappa shape index (κ2) is 7.41. The normalized spacial score (nSPS) is 21.4. The Morgan fingerprint density at radius 2 is 1.90 bits per heavy atom. The summed E-state index contributed by atoms with van der Waals surface area (Å²) < 4.78 is 0. The van der Waals surface area contributed by atoms with Crippen molar-refractivity contribution >= 4 is 5.97 Å². The van der Waals surface area contributed by atoms with E-state index in [2.05, 4.69) is 31.0 Å². The van der Waals surface area contributed by atoms with Crippen molar-refractivity contribution in [1.29, 1.82) is 0 Å². The number of aliphatic carboxylic acids is 1. The van der Waals surface area contributed by atoms with Crippen LogP contribution in [-0.2, 0) is 4.79 Å². The van der Waals surface area contributed by atoms with E-state index in [-0.39, 0.29) is 6.04 Å². The summed E-state index contributed by atoms with van der Waals surface area (Å²) in [6.07, 6.45) is 5.80. The summed E-state index contributed by atoms with van der Waals surface area (Å²) in [5, 5.41) is 12.4. The van der Waals surface area contributed by atoms with Crippen molar-refractivity contribution in [1.82, 2.24) is 10.2 Å². The van der Waals surface area contributed by atoms with E-state index in [4.69, 9.17) is 0 Å². The molecular weight excluding hydrogens is 252 g/mol. The van der Waals surface area contributed by atoms with E-state index in [1.807, 2.05) is 0 Å². The van der Waals surface area contributed by atoms with Crippen LogP contribution in [0.25, 0.3) is 0 Å². The van der Waals surface area contributed by atoms with Crippen molar-refractivity contribution in [3.8, 4) is 0 Å². The molecule has 1 rings (SSSR count). The first kappa shape index (κ1) is 17.4. The molecule has 0 amide bonds. The first-order chi connectivity index (χ1) is 9.30. The van der Waals surface area contributed by atoms with Gasteiger partial charge in [-0.25, -0.2) is 0 Å². The van der Waals surface area contributed by atoms with E-state index < -0.39 is 11.5 Å². The van der Waals surface area contributed by atoms with Gasteiger partial charge in [-0.1, -0.05) is 26.7 Å². The molecule has 4 heteroatoms. The molecular formula is C16H32N2O2. The Balaban J connectivity index is 2.76. The molecule has 0 aromatic heterocycles. The number of rotatable bonds is 8. The van der Waals surface area contributed by atoms with Crippen LogP contribution in [0.15, 0.2) is 0 Å². The minimum Gasteiger partial charge on any atom is -0.480 e. The molecule has 2 unspecified atom stereocenters. The zero-order chi connectivity index (χ0) is 15.3. The van der Waals surface area contributed by atoms with E-state index in [0.717, 1.165) is 6.54 Å². The highest BCUT2D eigenvalue weighted by molar-refractivity contribution is 5.78. The fourth-order valence-corrected chi connectivity index (χ4v) is 3.35. The van der Waals surface area contributed by atoms with Crippen molar-refractivity contribution in [3.63, 3.8) is 0 Å². The van der Waals surface area contributed by atoms with Gasteiger partial charge in [-0.2, -0.15) is 0 Å². The smallest absolute Gasteiger partial charge is 0.323 e. The Kier molecular flexibility index (Phi) is 6.46. The molecule has 1 aliphatic carbocycles. The van der Waals surface area contributed by atoms with Crippen molar-refractivity contribution < 1.29 is 9.90 Å². The minimum atomic E-state index is -0.840. The Morgan fingerprint density at radius 1 is 1.35 bits per heavy atom. The van der Waals surface area contributed by atoms with Crippen LogP contribution in [0.1, 0.15) is 59.8 Å². The third kappa shape index (κ3) is 4.45. The van der Waals surface area contributed by atoms with Crippen molar-refractivity contribution in [3.05, 3.63) is 0 Å². The molecule has 0 aliphatic heterocycles. The molecule has 20 heavy (non-hydrogen) atoms. The molecule has 1 fully saturated rings. The summed E-state index contributed by atoms with van der Waals surface area (Å²) in [4.78, 5) is 14.0. The number of nitrogens with one attached hydrogen (secondary N) is 1. The van der Waals surface area contributed by atoms with Crippen molar-refractivity contribution in [2.24, 2.45) is 5.92 Å². The van der Waals surface area contributed by atoms with Gasteiger partial charge in [0.1, 0.15) is 5.54 Å². The summed E-state index contributed by atoms with van der Waals surface area (Å²) in [7, 11) is 1.74. The average Bonchev–Trinajstić information content (AvgIpc) is 2.88.